The molecule has 2 unspecified atom stereocenters. The molecule has 28 heavy (non-hydrogen) atoms. The SMILES string of the molecule is O=C(NCC1CCCc2ccccc21)C1=NN(C2CCS(=O)(=O)C2)C(=O)CC1. The maximum absolute atomic E-state index is 12.6. The number of aryl methyl sites for hydroxylation is 1. The van der Waals surface area contributed by atoms with Gasteiger partial charge in [-0.2, -0.15) is 5.10 Å². The number of hydrogen-bond acceptors (Lipinski definition) is 5. The number of sulfone groups is 1. The zero-order valence-corrected chi connectivity index (χ0v) is 16.6. The fourth-order valence-corrected chi connectivity index (χ4v) is 6.06. The second kappa shape index (κ2) is 7.66. The normalized spacial score (nSPS) is 26.5. The van der Waals surface area contributed by atoms with Crippen molar-refractivity contribution in [3.05, 3.63) is 35.4 Å². The van der Waals surface area contributed by atoms with Crippen molar-refractivity contribution in [1.29, 1.82) is 0 Å². The summed E-state index contributed by atoms with van der Waals surface area (Å²) in [5, 5.41) is 8.46. The minimum absolute atomic E-state index is 0.0690. The highest BCUT2D eigenvalue weighted by Gasteiger charge is 2.37. The van der Waals surface area contributed by atoms with Crippen LogP contribution in [0.2, 0.25) is 0 Å². The van der Waals surface area contributed by atoms with Gasteiger partial charge in [0.2, 0.25) is 5.91 Å². The minimum Gasteiger partial charge on any atom is -0.350 e. The topological polar surface area (TPSA) is 95.9 Å². The summed E-state index contributed by atoms with van der Waals surface area (Å²) in [5.74, 6) is -0.188. The Bertz CT molecular complexity index is 925. The molecule has 2 amide bonds. The van der Waals surface area contributed by atoms with Crippen LogP contribution in [0.1, 0.15) is 49.1 Å². The van der Waals surface area contributed by atoms with Gasteiger partial charge >= 0.3 is 0 Å². The Morgan fingerprint density at radius 1 is 1.18 bits per heavy atom. The highest BCUT2D eigenvalue weighted by Crippen LogP contribution is 2.31. The lowest BCUT2D eigenvalue weighted by Crippen LogP contribution is -2.44. The molecule has 3 aliphatic rings. The summed E-state index contributed by atoms with van der Waals surface area (Å²) in [6.45, 7) is 0.542. The summed E-state index contributed by atoms with van der Waals surface area (Å²) in [6.07, 6.45) is 4.09. The average Bonchev–Trinajstić information content (AvgIpc) is 3.06. The molecular formula is C20H25N3O4S. The molecule has 1 N–H and O–H groups in total. The molecule has 2 atom stereocenters. The molecule has 2 heterocycles. The van der Waals surface area contributed by atoms with Crippen LogP contribution < -0.4 is 5.32 Å². The molecule has 4 rings (SSSR count). The van der Waals surface area contributed by atoms with Crippen LogP contribution in [0, 0.1) is 0 Å². The molecule has 0 spiro atoms. The van der Waals surface area contributed by atoms with Crippen molar-refractivity contribution in [1.82, 2.24) is 10.3 Å². The van der Waals surface area contributed by atoms with Crippen molar-refractivity contribution in [3.63, 3.8) is 0 Å². The Hall–Kier alpha value is -2.22. The van der Waals surface area contributed by atoms with Crippen molar-refractivity contribution in [2.45, 2.75) is 50.5 Å². The van der Waals surface area contributed by atoms with E-state index in [1.165, 1.54) is 16.1 Å². The number of benzene rings is 1. The van der Waals surface area contributed by atoms with Gasteiger partial charge in [-0.1, -0.05) is 24.3 Å². The van der Waals surface area contributed by atoms with Crippen LogP contribution in [0.25, 0.3) is 0 Å². The van der Waals surface area contributed by atoms with E-state index in [1.54, 1.807) is 0 Å². The maximum atomic E-state index is 12.6. The number of amides is 2. The van der Waals surface area contributed by atoms with Gasteiger partial charge in [0, 0.05) is 25.3 Å². The Morgan fingerprint density at radius 3 is 2.79 bits per heavy atom. The van der Waals surface area contributed by atoms with Crippen LogP contribution in [0.15, 0.2) is 29.4 Å². The van der Waals surface area contributed by atoms with Gasteiger partial charge in [0.15, 0.2) is 9.84 Å². The molecule has 0 aromatic heterocycles. The van der Waals surface area contributed by atoms with Gasteiger partial charge in [0.1, 0.15) is 5.71 Å². The lowest BCUT2D eigenvalue weighted by Gasteiger charge is -2.28. The minimum atomic E-state index is -3.12. The second-order valence-corrected chi connectivity index (χ2v) is 10.1. The summed E-state index contributed by atoms with van der Waals surface area (Å²) in [4.78, 5) is 24.8. The van der Waals surface area contributed by atoms with Crippen LogP contribution >= 0.6 is 0 Å². The zero-order chi connectivity index (χ0) is 19.7. The Labute approximate surface area is 165 Å². The van der Waals surface area contributed by atoms with Gasteiger partial charge in [-0.3, -0.25) is 9.59 Å². The molecular weight excluding hydrogens is 378 g/mol. The van der Waals surface area contributed by atoms with Crippen LogP contribution in [-0.4, -0.2) is 55.0 Å². The summed E-state index contributed by atoms with van der Waals surface area (Å²) in [7, 11) is -3.12. The lowest BCUT2D eigenvalue weighted by molar-refractivity contribution is -0.133. The van der Waals surface area contributed by atoms with E-state index in [4.69, 9.17) is 0 Å². The van der Waals surface area contributed by atoms with E-state index in [1.807, 2.05) is 12.1 Å². The summed E-state index contributed by atoms with van der Waals surface area (Å²) < 4.78 is 23.4. The van der Waals surface area contributed by atoms with Crippen molar-refractivity contribution >= 4 is 27.4 Å². The fraction of sp³-hybridized carbons (Fsp3) is 0.550. The Kier molecular flexibility index (Phi) is 5.23. The standard InChI is InChI=1S/C20H25N3O4S/c24-19-9-8-18(22-23(19)16-10-11-28(26,27)13-16)20(25)21-12-15-6-3-5-14-4-1-2-7-17(14)15/h1-2,4,7,15-16H,3,5-6,8-13H2,(H,21,25). The van der Waals surface area contributed by atoms with Crippen molar-refractivity contribution in [2.75, 3.05) is 18.1 Å². The molecule has 8 heteroatoms. The third-order valence-electron chi connectivity index (χ3n) is 5.88. The molecule has 1 aliphatic carbocycles. The third-order valence-corrected chi connectivity index (χ3v) is 7.63. The van der Waals surface area contributed by atoms with E-state index in [9.17, 15) is 18.0 Å². The van der Waals surface area contributed by atoms with Gasteiger partial charge in [0.05, 0.1) is 17.5 Å². The highest BCUT2D eigenvalue weighted by atomic mass is 32.2. The number of fused-ring (bicyclic) bond motifs is 1. The van der Waals surface area contributed by atoms with E-state index in [2.05, 4.69) is 22.6 Å². The molecule has 2 aliphatic heterocycles. The lowest BCUT2D eigenvalue weighted by atomic mass is 9.83. The van der Waals surface area contributed by atoms with E-state index in [-0.39, 0.29) is 35.7 Å². The molecule has 0 radical (unpaired) electrons. The molecule has 0 saturated carbocycles. The smallest absolute Gasteiger partial charge is 0.267 e. The van der Waals surface area contributed by atoms with Gasteiger partial charge in [-0.05, 0) is 36.8 Å². The van der Waals surface area contributed by atoms with Crippen LogP contribution in [0.3, 0.4) is 0 Å². The molecule has 1 aromatic carbocycles. The fourth-order valence-electron chi connectivity index (χ4n) is 4.37. The van der Waals surface area contributed by atoms with Gasteiger partial charge in [-0.15, -0.1) is 0 Å². The van der Waals surface area contributed by atoms with Gasteiger partial charge < -0.3 is 5.32 Å². The van der Waals surface area contributed by atoms with Crippen LogP contribution in [0.4, 0.5) is 0 Å². The molecule has 0 bridgehead atoms. The first kappa shape index (κ1) is 19.1. The number of carbonyl (C=O) groups is 2. The molecule has 7 nitrogen and oxygen atoms in total. The number of nitrogens with zero attached hydrogens (tertiary/aromatic N) is 2. The molecule has 150 valence electrons. The maximum Gasteiger partial charge on any atom is 0.267 e. The van der Waals surface area contributed by atoms with Crippen LogP contribution in [-0.2, 0) is 25.8 Å². The zero-order valence-electron chi connectivity index (χ0n) is 15.8. The van der Waals surface area contributed by atoms with E-state index in [0.717, 1.165) is 19.3 Å². The Morgan fingerprint density at radius 2 is 2.00 bits per heavy atom. The first-order chi connectivity index (χ1) is 13.4. The molecule has 1 fully saturated rings. The van der Waals surface area contributed by atoms with Crippen molar-refractivity contribution in [2.24, 2.45) is 5.10 Å². The summed E-state index contributed by atoms with van der Waals surface area (Å²) >= 11 is 0. The summed E-state index contributed by atoms with van der Waals surface area (Å²) in [6, 6.07) is 7.90. The first-order valence-electron chi connectivity index (χ1n) is 9.89. The predicted octanol–water partition coefficient (Wildman–Crippen LogP) is 1.39. The number of hydrazone groups is 1. The van der Waals surface area contributed by atoms with Gasteiger partial charge in [0.25, 0.3) is 5.91 Å². The van der Waals surface area contributed by atoms with Crippen molar-refractivity contribution < 1.29 is 18.0 Å². The number of rotatable bonds is 4. The second-order valence-electron chi connectivity index (χ2n) is 7.84. The number of carbonyl (C=O) groups excluding carboxylic acids is 2. The monoisotopic (exact) mass is 403 g/mol. The molecule has 1 saturated heterocycles. The van der Waals surface area contributed by atoms with E-state index >= 15 is 0 Å². The highest BCUT2D eigenvalue weighted by molar-refractivity contribution is 7.91. The Balaban J connectivity index is 1.42. The van der Waals surface area contributed by atoms with E-state index in [0.29, 0.717) is 25.1 Å². The summed E-state index contributed by atoms with van der Waals surface area (Å²) in [5.41, 5.74) is 2.96. The quantitative estimate of drug-likeness (QED) is 0.822. The van der Waals surface area contributed by atoms with Crippen molar-refractivity contribution in [3.8, 4) is 0 Å². The van der Waals surface area contributed by atoms with Gasteiger partial charge in [-0.25, -0.2) is 13.4 Å². The molecule has 1 aromatic rings. The largest absolute Gasteiger partial charge is 0.350 e. The third kappa shape index (κ3) is 3.97. The number of hydrogen-bond donors (Lipinski definition) is 1. The van der Waals surface area contributed by atoms with Crippen LogP contribution in [0.5, 0.6) is 0 Å². The van der Waals surface area contributed by atoms with E-state index < -0.39 is 15.9 Å². The number of nitrogens with one attached hydrogen (secondary N) is 1. The average molecular weight is 404 g/mol. The first-order valence-corrected chi connectivity index (χ1v) is 11.7. The predicted molar refractivity (Wildman–Crippen MR) is 106 cm³/mol.